The molecule has 1 amide bonds. The van der Waals surface area contributed by atoms with Crippen LogP contribution in [0.15, 0.2) is 54.6 Å². The summed E-state index contributed by atoms with van der Waals surface area (Å²) in [6.45, 7) is 0.458. The highest BCUT2D eigenvalue weighted by atomic mass is 32.1. The Bertz CT molecular complexity index is 975. The lowest BCUT2D eigenvalue weighted by molar-refractivity contribution is -0.192. The maximum atomic E-state index is 12.4. The summed E-state index contributed by atoms with van der Waals surface area (Å²) in [5.41, 5.74) is 15.3. The summed E-state index contributed by atoms with van der Waals surface area (Å²) in [5.74, 6) is -3.08. The first-order valence-electron chi connectivity index (χ1n) is 11.3. The van der Waals surface area contributed by atoms with Crippen molar-refractivity contribution in [2.75, 3.05) is 6.54 Å². The molecule has 2 aromatic carbocycles. The Morgan fingerprint density at radius 2 is 1.44 bits per heavy atom. The fourth-order valence-electron chi connectivity index (χ4n) is 3.27. The summed E-state index contributed by atoms with van der Waals surface area (Å²) < 4.78 is 31.7. The lowest BCUT2D eigenvalue weighted by atomic mass is 9.95. The quantitative estimate of drug-likeness (QED) is 0.269. The number of carbonyl (C=O) groups excluding carboxylic acids is 2. The van der Waals surface area contributed by atoms with Crippen LogP contribution in [0.4, 0.5) is 13.2 Å². The van der Waals surface area contributed by atoms with Gasteiger partial charge in [0.15, 0.2) is 0 Å². The summed E-state index contributed by atoms with van der Waals surface area (Å²) in [6.07, 6.45) is -0.838. The van der Waals surface area contributed by atoms with Gasteiger partial charge in [0.2, 0.25) is 11.0 Å². The molecule has 6 N–H and O–H groups in total. The lowest BCUT2D eigenvalue weighted by Crippen LogP contribution is -2.47. The van der Waals surface area contributed by atoms with E-state index in [0.717, 1.165) is 12.8 Å². The zero-order valence-electron chi connectivity index (χ0n) is 19.7. The number of aliphatic carboxylic acids is 1. The number of hydrogen-bond donors (Lipinski definition) is 5. The second kappa shape index (κ2) is 16.0. The number of hydrogen-bond acceptors (Lipinski definition) is 5. The van der Waals surface area contributed by atoms with Gasteiger partial charge in [0.05, 0.1) is 12.1 Å². The molecule has 0 unspecified atom stereocenters. The van der Waals surface area contributed by atoms with Gasteiger partial charge in [-0.1, -0.05) is 54.6 Å². The molecule has 198 valence electrons. The molecule has 0 spiro atoms. The first-order valence-corrected chi connectivity index (χ1v) is 11.8. The van der Waals surface area contributed by atoms with Gasteiger partial charge in [-0.05, 0) is 61.8 Å². The first kappa shape index (κ1) is 31.1. The number of carboxylic acid groups (broad SMARTS) is 1. The number of aryl methyl sites for hydroxylation is 3. The topological polar surface area (TPSA) is 136 Å². The van der Waals surface area contributed by atoms with Crippen molar-refractivity contribution in [1.29, 1.82) is 0 Å². The van der Waals surface area contributed by atoms with Gasteiger partial charge in [-0.3, -0.25) is 9.59 Å². The molecule has 0 saturated heterocycles. The van der Waals surface area contributed by atoms with Crippen molar-refractivity contribution in [2.24, 2.45) is 11.5 Å². The summed E-state index contributed by atoms with van der Waals surface area (Å²) in [5, 5.41) is 9.46. The van der Waals surface area contributed by atoms with Crippen LogP contribution >= 0.6 is 12.6 Å². The number of rotatable bonds is 12. The highest BCUT2D eigenvalue weighted by Crippen LogP contribution is 2.16. The van der Waals surface area contributed by atoms with Gasteiger partial charge in [0, 0.05) is 0 Å². The molecular weight excluding hydrogens is 495 g/mol. The van der Waals surface area contributed by atoms with Crippen molar-refractivity contribution in [3.63, 3.8) is 0 Å². The smallest absolute Gasteiger partial charge is 0.475 e. The molecular formula is C25H32F3N3O4S. The van der Waals surface area contributed by atoms with Crippen LogP contribution in [-0.4, -0.2) is 46.9 Å². The molecule has 0 bridgehead atoms. The minimum absolute atomic E-state index is 0.323. The van der Waals surface area contributed by atoms with Gasteiger partial charge in [-0.15, -0.1) is 12.6 Å². The van der Waals surface area contributed by atoms with Crippen LogP contribution in [0.25, 0.3) is 0 Å². The van der Waals surface area contributed by atoms with E-state index in [1.807, 2.05) is 18.2 Å². The monoisotopic (exact) mass is 527 g/mol. The number of alkyl halides is 3. The van der Waals surface area contributed by atoms with Crippen molar-refractivity contribution in [1.82, 2.24) is 5.32 Å². The number of nitrogens with two attached hydrogens (primary N) is 2. The fraction of sp³-hybridized carbons (Fsp3) is 0.400. The fourth-order valence-corrected chi connectivity index (χ4v) is 3.46. The predicted octanol–water partition coefficient (Wildman–Crippen LogP) is 3.05. The molecule has 0 heterocycles. The van der Waals surface area contributed by atoms with Crippen molar-refractivity contribution in [3.8, 4) is 0 Å². The molecule has 0 fully saturated rings. The molecule has 0 aliphatic heterocycles. The van der Waals surface area contributed by atoms with Crippen LogP contribution in [0.1, 0.15) is 36.0 Å². The minimum Gasteiger partial charge on any atom is -0.475 e. The molecule has 2 aromatic rings. The maximum Gasteiger partial charge on any atom is 0.490 e. The number of carboxylic acids is 1. The largest absolute Gasteiger partial charge is 0.490 e. The van der Waals surface area contributed by atoms with Crippen LogP contribution in [0, 0.1) is 0 Å². The molecule has 0 aromatic heterocycles. The SMILES string of the molecule is NCCC[C@H](NC(=O)[C@@H](N)CCc1ccccc1CCc1ccccc1)C(=O)S.O=C(O)C(F)(F)F. The maximum absolute atomic E-state index is 12.4. The van der Waals surface area contributed by atoms with Crippen LogP contribution in [0.5, 0.6) is 0 Å². The lowest BCUT2D eigenvalue weighted by Gasteiger charge is -2.19. The number of carbonyl (C=O) groups is 3. The Morgan fingerprint density at radius 1 is 0.917 bits per heavy atom. The van der Waals surface area contributed by atoms with E-state index in [1.54, 1.807) is 0 Å². The van der Waals surface area contributed by atoms with Gasteiger partial charge in [-0.25, -0.2) is 4.79 Å². The molecule has 0 radical (unpaired) electrons. The summed E-state index contributed by atoms with van der Waals surface area (Å²) in [4.78, 5) is 32.9. The van der Waals surface area contributed by atoms with Crippen molar-refractivity contribution >= 4 is 29.6 Å². The zero-order chi connectivity index (χ0) is 27.1. The number of halogens is 3. The summed E-state index contributed by atoms with van der Waals surface area (Å²) in [7, 11) is 0. The summed E-state index contributed by atoms with van der Waals surface area (Å²) >= 11 is 3.85. The molecule has 2 rings (SSSR count). The Morgan fingerprint density at radius 3 is 1.94 bits per heavy atom. The molecule has 11 heteroatoms. The van der Waals surface area contributed by atoms with Gasteiger partial charge < -0.3 is 21.9 Å². The zero-order valence-corrected chi connectivity index (χ0v) is 20.6. The average Bonchev–Trinajstić information content (AvgIpc) is 2.84. The van der Waals surface area contributed by atoms with E-state index >= 15 is 0 Å². The van der Waals surface area contributed by atoms with Crippen LogP contribution in [0.2, 0.25) is 0 Å². The first-order chi connectivity index (χ1) is 17.0. The second-order valence-corrected chi connectivity index (χ2v) is 8.47. The Balaban J connectivity index is 0.000000809. The van der Waals surface area contributed by atoms with Gasteiger partial charge >= 0.3 is 12.1 Å². The Hall–Kier alpha value is -2.89. The third kappa shape index (κ3) is 12.2. The average molecular weight is 528 g/mol. The second-order valence-electron chi connectivity index (χ2n) is 8.03. The molecule has 7 nitrogen and oxygen atoms in total. The van der Waals surface area contributed by atoms with Crippen molar-refractivity contribution in [2.45, 2.75) is 56.8 Å². The number of amides is 1. The van der Waals surface area contributed by atoms with E-state index < -0.39 is 24.2 Å². The van der Waals surface area contributed by atoms with Gasteiger partial charge in [0.25, 0.3) is 0 Å². The molecule has 36 heavy (non-hydrogen) atoms. The summed E-state index contributed by atoms with van der Waals surface area (Å²) in [6, 6.07) is 17.3. The van der Waals surface area contributed by atoms with Crippen LogP contribution < -0.4 is 16.8 Å². The van der Waals surface area contributed by atoms with E-state index in [2.05, 4.69) is 54.3 Å². The molecule has 0 saturated carbocycles. The number of benzene rings is 2. The highest BCUT2D eigenvalue weighted by Gasteiger charge is 2.38. The standard InChI is InChI=1S/C23H31N3O2S.C2HF3O2/c24-16-6-11-21(23(28)29)26-22(27)20(25)15-14-19-10-5-4-9-18(19)13-12-17-7-2-1-3-8-17;3-2(4,5)1(6)7/h1-5,7-10,20-21H,6,11-16,24-25H2,(H,26,27)(H,28,29);(H,6,7)/t20-,21-;/m0./s1. The molecule has 2 atom stereocenters. The van der Waals surface area contributed by atoms with E-state index in [1.165, 1.54) is 16.7 Å². The van der Waals surface area contributed by atoms with Crippen molar-refractivity contribution < 1.29 is 32.7 Å². The highest BCUT2D eigenvalue weighted by molar-refractivity contribution is 7.96. The Kier molecular flexibility index (Phi) is 13.8. The van der Waals surface area contributed by atoms with E-state index in [9.17, 15) is 22.8 Å². The van der Waals surface area contributed by atoms with E-state index in [0.29, 0.717) is 32.2 Å². The van der Waals surface area contributed by atoms with E-state index in [-0.39, 0.29) is 11.0 Å². The normalized spacial score (nSPS) is 12.6. The number of thiol groups is 1. The number of nitrogens with one attached hydrogen (secondary N) is 1. The molecule has 0 aliphatic rings. The predicted molar refractivity (Wildman–Crippen MR) is 134 cm³/mol. The third-order valence-electron chi connectivity index (χ3n) is 5.26. The van der Waals surface area contributed by atoms with Crippen LogP contribution in [-0.2, 0) is 33.6 Å². The minimum atomic E-state index is -5.08. The Labute approximate surface area is 213 Å². The van der Waals surface area contributed by atoms with Gasteiger partial charge in [-0.2, -0.15) is 13.2 Å². The van der Waals surface area contributed by atoms with Crippen LogP contribution in [0.3, 0.4) is 0 Å². The molecule has 0 aliphatic carbocycles. The van der Waals surface area contributed by atoms with E-state index in [4.69, 9.17) is 21.4 Å². The van der Waals surface area contributed by atoms with Crippen molar-refractivity contribution in [3.05, 3.63) is 71.3 Å². The van der Waals surface area contributed by atoms with Gasteiger partial charge in [0.1, 0.15) is 0 Å². The third-order valence-corrected chi connectivity index (χ3v) is 5.57.